The molecule has 0 atom stereocenters. The summed E-state index contributed by atoms with van der Waals surface area (Å²) in [5.41, 5.74) is 2.29. The van der Waals surface area contributed by atoms with Crippen molar-refractivity contribution in [1.29, 1.82) is 0 Å². The highest BCUT2D eigenvalue weighted by Gasteiger charge is 2.18. The molecule has 0 saturated heterocycles. The summed E-state index contributed by atoms with van der Waals surface area (Å²) in [5.74, 6) is 1.69. The molecular formula is C14H11Br2NO2. The molecule has 3 nitrogen and oxygen atoms in total. The minimum Gasteiger partial charge on any atom is -0.493 e. The number of hydrogen-bond donors (Lipinski definition) is 0. The molecule has 0 N–H and O–H groups in total. The highest BCUT2D eigenvalue weighted by atomic mass is 79.9. The van der Waals surface area contributed by atoms with Crippen LogP contribution in [0.2, 0.25) is 0 Å². The molecule has 0 amide bonds. The maximum Gasteiger partial charge on any atom is 0.152 e. The first-order chi connectivity index (χ1) is 9.24. The Kier molecular flexibility index (Phi) is 3.75. The van der Waals surface area contributed by atoms with E-state index in [1.165, 1.54) is 5.56 Å². The predicted molar refractivity (Wildman–Crippen MR) is 79.6 cm³/mol. The van der Waals surface area contributed by atoms with Crippen LogP contribution in [0.4, 0.5) is 0 Å². The molecular weight excluding hydrogens is 374 g/mol. The molecule has 2 aromatic rings. The number of fused-ring (bicyclic) bond motifs is 1. The summed E-state index contributed by atoms with van der Waals surface area (Å²) in [4.78, 5) is 4.13. The third-order valence-corrected chi connectivity index (χ3v) is 3.99. The van der Waals surface area contributed by atoms with E-state index in [9.17, 15) is 0 Å². The number of aromatic nitrogens is 1. The number of benzene rings is 1. The first-order valence-corrected chi connectivity index (χ1v) is 7.50. The van der Waals surface area contributed by atoms with Gasteiger partial charge in [0.2, 0.25) is 0 Å². The second-order valence-corrected chi connectivity index (χ2v) is 5.90. The second-order valence-electron chi connectivity index (χ2n) is 4.23. The molecule has 0 aliphatic carbocycles. The van der Waals surface area contributed by atoms with Crippen molar-refractivity contribution in [1.82, 2.24) is 4.98 Å². The van der Waals surface area contributed by atoms with Crippen molar-refractivity contribution in [2.24, 2.45) is 0 Å². The van der Waals surface area contributed by atoms with Gasteiger partial charge in [0, 0.05) is 22.7 Å². The Labute approximate surface area is 128 Å². The average molecular weight is 385 g/mol. The summed E-state index contributed by atoms with van der Waals surface area (Å²) in [5, 5.41) is 0. The topological polar surface area (TPSA) is 31.4 Å². The van der Waals surface area contributed by atoms with E-state index in [1.54, 1.807) is 6.20 Å². The van der Waals surface area contributed by atoms with Crippen LogP contribution in [0.3, 0.4) is 0 Å². The third kappa shape index (κ3) is 2.77. The van der Waals surface area contributed by atoms with E-state index in [-0.39, 0.29) is 0 Å². The fourth-order valence-corrected chi connectivity index (χ4v) is 3.01. The lowest BCUT2D eigenvalue weighted by Crippen LogP contribution is -1.99. The van der Waals surface area contributed by atoms with Crippen LogP contribution in [0.1, 0.15) is 11.1 Å². The van der Waals surface area contributed by atoms with Gasteiger partial charge in [-0.1, -0.05) is 15.9 Å². The molecule has 0 spiro atoms. The number of hydrogen-bond acceptors (Lipinski definition) is 3. The van der Waals surface area contributed by atoms with Crippen molar-refractivity contribution in [3.8, 4) is 11.5 Å². The predicted octanol–water partition coefficient (Wildman–Crippen LogP) is 4.12. The van der Waals surface area contributed by atoms with Crippen LogP contribution in [-0.4, -0.2) is 11.6 Å². The van der Waals surface area contributed by atoms with Gasteiger partial charge >= 0.3 is 0 Å². The number of ether oxygens (including phenoxy) is 2. The molecule has 19 heavy (non-hydrogen) atoms. The Hall–Kier alpha value is -1.07. The van der Waals surface area contributed by atoms with Crippen LogP contribution in [0, 0.1) is 0 Å². The van der Waals surface area contributed by atoms with Crippen LogP contribution in [0.25, 0.3) is 0 Å². The number of rotatable bonds is 3. The Morgan fingerprint density at radius 1 is 1.32 bits per heavy atom. The summed E-state index contributed by atoms with van der Waals surface area (Å²) in [6.07, 6.45) is 2.68. The minimum atomic E-state index is 0.464. The maximum atomic E-state index is 5.79. The maximum absolute atomic E-state index is 5.79. The number of nitrogens with zero attached hydrogens (tertiary/aromatic N) is 1. The van der Waals surface area contributed by atoms with Crippen molar-refractivity contribution >= 4 is 31.9 Å². The molecule has 0 radical (unpaired) electrons. The summed E-state index contributed by atoms with van der Waals surface area (Å²) in [6, 6.07) is 7.87. The molecule has 0 fully saturated rings. The molecule has 1 aromatic carbocycles. The first kappa shape index (κ1) is 12.9. The van der Waals surface area contributed by atoms with Crippen molar-refractivity contribution in [2.45, 2.75) is 13.0 Å². The molecule has 2 heterocycles. The van der Waals surface area contributed by atoms with E-state index in [4.69, 9.17) is 9.47 Å². The van der Waals surface area contributed by atoms with Gasteiger partial charge in [-0.25, -0.2) is 4.98 Å². The first-order valence-electron chi connectivity index (χ1n) is 5.91. The minimum absolute atomic E-state index is 0.464. The van der Waals surface area contributed by atoms with E-state index in [0.29, 0.717) is 11.2 Å². The molecule has 0 bridgehead atoms. The van der Waals surface area contributed by atoms with Gasteiger partial charge in [0.15, 0.2) is 5.75 Å². The SMILES string of the molecule is Brc1cc2c(c(COc3cccnc3Br)c1)OCC2. The number of pyridine rings is 1. The molecule has 5 heteroatoms. The lowest BCUT2D eigenvalue weighted by Gasteiger charge is -2.11. The van der Waals surface area contributed by atoms with E-state index in [0.717, 1.165) is 34.6 Å². The lowest BCUT2D eigenvalue weighted by molar-refractivity contribution is 0.289. The summed E-state index contributed by atoms with van der Waals surface area (Å²) >= 11 is 6.89. The van der Waals surface area contributed by atoms with Gasteiger partial charge in [0.25, 0.3) is 0 Å². The fraction of sp³-hybridized carbons (Fsp3) is 0.214. The average Bonchev–Trinajstić information content (AvgIpc) is 2.85. The highest BCUT2D eigenvalue weighted by molar-refractivity contribution is 9.10. The van der Waals surface area contributed by atoms with Gasteiger partial charge in [-0.3, -0.25) is 0 Å². The van der Waals surface area contributed by atoms with Crippen LogP contribution in [0.5, 0.6) is 11.5 Å². The van der Waals surface area contributed by atoms with Crippen LogP contribution >= 0.6 is 31.9 Å². The van der Waals surface area contributed by atoms with Gasteiger partial charge in [-0.15, -0.1) is 0 Å². The molecule has 1 aromatic heterocycles. The van der Waals surface area contributed by atoms with E-state index in [1.807, 2.05) is 18.2 Å². The zero-order valence-electron chi connectivity index (χ0n) is 10.0. The third-order valence-electron chi connectivity index (χ3n) is 2.93. The smallest absolute Gasteiger partial charge is 0.152 e. The van der Waals surface area contributed by atoms with Crippen molar-refractivity contribution in [3.05, 3.63) is 50.7 Å². The van der Waals surface area contributed by atoms with Gasteiger partial charge in [0.05, 0.1) is 6.61 Å². The van der Waals surface area contributed by atoms with E-state index in [2.05, 4.69) is 42.9 Å². The summed E-state index contributed by atoms with van der Waals surface area (Å²) < 4.78 is 13.2. The Morgan fingerprint density at radius 3 is 3.05 bits per heavy atom. The zero-order chi connectivity index (χ0) is 13.2. The standard InChI is InChI=1S/C14H11Br2NO2/c15-11-6-9-3-5-18-13(9)10(7-11)8-19-12-2-1-4-17-14(12)16/h1-2,4,6-7H,3,5,8H2. The van der Waals surface area contributed by atoms with Crippen LogP contribution in [-0.2, 0) is 13.0 Å². The summed E-state index contributed by atoms with van der Waals surface area (Å²) in [6.45, 7) is 1.21. The monoisotopic (exact) mass is 383 g/mol. The van der Waals surface area contributed by atoms with Crippen molar-refractivity contribution in [3.63, 3.8) is 0 Å². The van der Waals surface area contributed by atoms with Gasteiger partial charge in [0.1, 0.15) is 17.0 Å². The van der Waals surface area contributed by atoms with E-state index >= 15 is 0 Å². The Bertz CT molecular complexity index is 616. The quantitative estimate of drug-likeness (QED) is 0.746. The molecule has 0 saturated carbocycles. The van der Waals surface area contributed by atoms with Gasteiger partial charge in [-0.2, -0.15) is 0 Å². The largest absolute Gasteiger partial charge is 0.493 e. The number of halogens is 2. The van der Waals surface area contributed by atoms with Crippen LogP contribution < -0.4 is 9.47 Å². The Morgan fingerprint density at radius 2 is 2.21 bits per heavy atom. The van der Waals surface area contributed by atoms with E-state index < -0.39 is 0 Å². The zero-order valence-corrected chi connectivity index (χ0v) is 13.2. The molecule has 1 aliphatic rings. The van der Waals surface area contributed by atoms with Gasteiger partial charge < -0.3 is 9.47 Å². The summed E-state index contributed by atoms with van der Waals surface area (Å²) in [7, 11) is 0. The molecule has 3 rings (SSSR count). The molecule has 0 unspecified atom stereocenters. The second kappa shape index (κ2) is 5.51. The van der Waals surface area contributed by atoms with Gasteiger partial charge in [-0.05, 0) is 45.8 Å². The highest BCUT2D eigenvalue weighted by Crippen LogP contribution is 2.34. The molecule has 98 valence electrons. The fourth-order valence-electron chi connectivity index (χ4n) is 2.09. The Balaban J connectivity index is 1.83. The normalized spacial score (nSPS) is 12.9. The van der Waals surface area contributed by atoms with Crippen molar-refractivity contribution < 1.29 is 9.47 Å². The molecule has 1 aliphatic heterocycles. The lowest BCUT2D eigenvalue weighted by atomic mass is 10.1. The van der Waals surface area contributed by atoms with Crippen LogP contribution in [0.15, 0.2) is 39.5 Å². The van der Waals surface area contributed by atoms with Crippen molar-refractivity contribution in [2.75, 3.05) is 6.61 Å².